The number of aromatic amines is 1. The Morgan fingerprint density at radius 1 is 1.24 bits per heavy atom. The molecule has 4 rings (SSSR count). The lowest BCUT2D eigenvalue weighted by Gasteiger charge is -2.14. The first kappa shape index (κ1) is 15.4. The van der Waals surface area contributed by atoms with Crippen LogP contribution in [-0.4, -0.2) is 10.9 Å². The lowest BCUT2D eigenvalue weighted by molar-refractivity contribution is 0.0935. The van der Waals surface area contributed by atoms with Crippen molar-refractivity contribution in [1.29, 1.82) is 0 Å². The summed E-state index contributed by atoms with van der Waals surface area (Å²) in [5.41, 5.74) is 1.86. The van der Waals surface area contributed by atoms with Gasteiger partial charge in [0.15, 0.2) is 0 Å². The van der Waals surface area contributed by atoms with E-state index >= 15 is 0 Å². The fourth-order valence-corrected chi connectivity index (χ4v) is 3.20. The van der Waals surface area contributed by atoms with Crippen molar-refractivity contribution in [1.82, 2.24) is 10.3 Å². The molecule has 0 saturated heterocycles. The molecular weight excluding hydrogens is 323 g/mol. The van der Waals surface area contributed by atoms with Gasteiger partial charge in [0.05, 0.1) is 18.0 Å². The normalized spacial score (nSPS) is 15.8. The van der Waals surface area contributed by atoms with E-state index in [0.29, 0.717) is 24.3 Å². The van der Waals surface area contributed by atoms with E-state index in [0.717, 1.165) is 11.1 Å². The second kappa shape index (κ2) is 6.05. The molecule has 1 aliphatic carbocycles. The monoisotopic (exact) mass is 338 g/mol. The summed E-state index contributed by atoms with van der Waals surface area (Å²) >= 11 is 0. The molecule has 1 aliphatic rings. The van der Waals surface area contributed by atoms with Crippen molar-refractivity contribution in [3.8, 4) is 11.5 Å². The third-order valence-corrected chi connectivity index (χ3v) is 4.43. The molecular formula is C19H15FN2O3. The van der Waals surface area contributed by atoms with Crippen molar-refractivity contribution in [2.24, 2.45) is 0 Å². The summed E-state index contributed by atoms with van der Waals surface area (Å²) < 4.78 is 18.5. The molecule has 0 spiro atoms. The third-order valence-electron chi connectivity index (χ3n) is 4.43. The number of aryl methyl sites for hydroxylation is 1. The van der Waals surface area contributed by atoms with Crippen LogP contribution in [0.4, 0.5) is 4.39 Å². The Bertz CT molecular complexity index is 992. The van der Waals surface area contributed by atoms with Crippen LogP contribution in [0.25, 0.3) is 11.5 Å². The topological polar surface area (TPSA) is 75.1 Å². The van der Waals surface area contributed by atoms with Gasteiger partial charge in [-0.25, -0.2) is 4.39 Å². The maximum atomic E-state index is 13.3. The molecule has 0 unspecified atom stereocenters. The molecule has 1 amide bonds. The summed E-state index contributed by atoms with van der Waals surface area (Å²) in [6, 6.07) is 10.9. The van der Waals surface area contributed by atoms with Crippen LogP contribution in [0.5, 0.6) is 0 Å². The molecule has 1 atom stereocenters. The van der Waals surface area contributed by atoms with Crippen LogP contribution < -0.4 is 10.9 Å². The summed E-state index contributed by atoms with van der Waals surface area (Å²) in [6.07, 6.45) is 2.90. The molecule has 25 heavy (non-hydrogen) atoms. The molecule has 1 aromatic carbocycles. The largest absolute Gasteiger partial charge is 0.463 e. The Labute approximate surface area is 142 Å². The third kappa shape index (κ3) is 2.87. The zero-order valence-corrected chi connectivity index (χ0v) is 13.2. The number of nitrogens with one attached hydrogen (secondary N) is 2. The van der Waals surface area contributed by atoms with Gasteiger partial charge in [0.2, 0.25) is 0 Å². The number of H-pyrrole nitrogens is 1. The van der Waals surface area contributed by atoms with Crippen LogP contribution in [0.2, 0.25) is 0 Å². The maximum Gasteiger partial charge on any atom is 0.261 e. The van der Waals surface area contributed by atoms with Crippen LogP contribution in [0.1, 0.15) is 33.9 Å². The molecule has 0 radical (unpaired) electrons. The summed E-state index contributed by atoms with van der Waals surface area (Å²) in [6.45, 7) is 0. The van der Waals surface area contributed by atoms with Crippen LogP contribution in [0, 0.1) is 5.82 Å². The maximum absolute atomic E-state index is 13.3. The number of amides is 1. The van der Waals surface area contributed by atoms with Crippen molar-refractivity contribution >= 4 is 5.91 Å². The highest BCUT2D eigenvalue weighted by atomic mass is 19.1. The van der Waals surface area contributed by atoms with Crippen LogP contribution in [0.3, 0.4) is 0 Å². The van der Waals surface area contributed by atoms with E-state index < -0.39 is 11.5 Å². The lowest BCUT2D eigenvalue weighted by Crippen LogP contribution is -2.32. The Morgan fingerprint density at radius 2 is 2.12 bits per heavy atom. The fraction of sp³-hybridized carbons (Fsp3) is 0.158. The van der Waals surface area contributed by atoms with Crippen molar-refractivity contribution < 1.29 is 13.6 Å². The Hall–Kier alpha value is -3.15. The highest BCUT2D eigenvalue weighted by Gasteiger charge is 2.25. The number of hydrogen-bond donors (Lipinski definition) is 2. The predicted molar refractivity (Wildman–Crippen MR) is 89.7 cm³/mol. The number of fused-ring (bicyclic) bond motifs is 1. The lowest BCUT2D eigenvalue weighted by atomic mass is 10.1. The molecule has 2 heterocycles. The van der Waals surface area contributed by atoms with Gasteiger partial charge in [-0.3, -0.25) is 9.59 Å². The molecule has 0 aliphatic heterocycles. The van der Waals surface area contributed by atoms with E-state index in [-0.39, 0.29) is 17.4 Å². The van der Waals surface area contributed by atoms with Gasteiger partial charge in [-0.15, -0.1) is 0 Å². The van der Waals surface area contributed by atoms with Gasteiger partial charge in [0.25, 0.3) is 11.5 Å². The van der Waals surface area contributed by atoms with E-state index in [1.54, 1.807) is 24.3 Å². The number of hydrogen-bond acceptors (Lipinski definition) is 3. The van der Waals surface area contributed by atoms with Gasteiger partial charge < -0.3 is 14.7 Å². The zero-order chi connectivity index (χ0) is 17.4. The minimum Gasteiger partial charge on any atom is -0.463 e. The number of rotatable bonds is 3. The van der Waals surface area contributed by atoms with Crippen LogP contribution in [-0.2, 0) is 6.42 Å². The van der Waals surface area contributed by atoms with Crippen molar-refractivity contribution in [2.45, 2.75) is 18.9 Å². The van der Waals surface area contributed by atoms with Gasteiger partial charge in [-0.2, -0.15) is 0 Å². The first-order chi connectivity index (χ1) is 12.1. The van der Waals surface area contributed by atoms with Gasteiger partial charge in [-0.1, -0.05) is 6.07 Å². The van der Waals surface area contributed by atoms with E-state index in [4.69, 9.17) is 4.42 Å². The Morgan fingerprint density at radius 3 is 2.88 bits per heavy atom. The zero-order valence-electron chi connectivity index (χ0n) is 13.2. The van der Waals surface area contributed by atoms with E-state index in [1.165, 1.54) is 24.5 Å². The Kier molecular flexibility index (Phi) is 3.72. The van der Waals surface area contributed by atoms with Crippen molar-refractivity contribution in [2.75, 3.05) is 0 Å². The molecule has 6 heteroatoms. The first-order valence-corrected chi connectivity index (χ1v) is 7.98. The van der Waals surface area contributed by atoms with Crippen LogP contribution in [0.15, 0.2) is 57.9 Å². The molecule has 3 aromatic rings. The first-order valence-electron chi connectivity index (χ1n) is 7.98. The molecule has 0 saturated carbocycles. The van der Waals surface area contributed by atoms with Gasteiger partial charge in [-0.05, 0) is 60.4 Å². The van der Waals surface area contributed by atoms with Gasteiger partial charge >= 0.3 is 0 Å². The number of halogens is 1. The van der Waals surface area contributed by atoms with E-state index in [1.807, 2.05) is 0 Å². The number of benzene rings is 1. The van der Waals surface area contributed by atoms with Gasteiger partial charge in [0, 0.05) is 0 Å². The highest BCUT2D eigenvalue weighted by molar-refractivity contribution is 5.94. The quantitative estimate of drug-likeness (QED) is 0.770. The Balaban J connectivity index is 1.56. The molecule has 5 nitrogen and oxygen atoms in total. The van der Waals surface area contributed by atoms with Crippen molar-refractivity contribution in [3.63, 3.8) is 0 Å². The summed E-state index contributed by atoms with van der Waals surface area (Å²) in [5.74, 6) is -0.207. The average Bonchev–Trinajstić information content (AvgIpc) is 3.25. The average molecular weight is 338 g/mol. The molecule has 126 valence electrons. The second-order valence-electron chi connectivity index (χ2n) is 6.00. The smallest absolute Gasteiger partial charge is 0.261 e. The summed E-state index contributed by atoms with van der Waals surface area (Å²) in [5, 5.41) is 2.86. The highest BCUT2D eigenvalue weighted by Crippen LogP contribution is 2.31. The molecule has 2 N–H and O–H groups in total. The van der Waals surface area contributed by atoms with E-state index in [2.05, 4.69) is 10.3 Å². The summed E-state index contributed by atoms with van der Waals surface area (Å²) in [7, 11) is 0. The SMILES string of the molecule is O=C(N[C@@H]1CCc2cc(F)ccc21)c1ccc(-c2ccco2)[nH]c1=O. The predicted octanol–water partition coefficient (Wildman–Crippen LogP) is 3.19. The minimum atomic E-state index is -0.483. The fourth-order valence-electron chi connectivity index (χ4n) is 3.20. The second-order valence-corrected chi connectivity index (χ2v) is 6.00. The van der Waals surface area contributed by atoms with Crippen LogP contribution >= 0.6 is 0 Å². The standard InChI is InChI=1S/C19H15FN2O3/c20-12-4-5-13-11(10-12)3-7-15(13)21-18(23)14-6-8-16(22-19(14)24)17-2-1-9-25-17/h1-2,4-6,8-10,15H,3,7H2,(H,21,23)(H,22,24)/t15-/m1/s1. The summed E-state index contributed by atoms with van der Waals surface area (Å²) in [4.78, 5) is 27.4. The van der Waals surface area contributed by atoms with Gasteiger partial charge in [0.1, 0.15) is 17.1 Å². The molecule has 2 aromatic heterocycles. The van der Waals surface area contributed by atoms with Crippen molar-refractivity contribution in [3.05, 3.63) is 81.6 Å². The minimum absolute atomic E-state index is 0.0332. The number of carbonyl (C=O) groups excluding carboxylic acids is 1. The molecule has 0 fully saturated rings. The van der Waals surface area contributed by atoms with E-state index in [9.17, 15) is 14.0 Å². The number of pyridine rings is 1. The molecule has 0 bridgehead atoms. The number of carbonyl (C=O) groups is 1. The number of aromatic nitrogens is 1. The number of furan rings is 1.